The van der Waals surface area contributed by atoms with E-state index >= 15 is 0 Å². The smallest absolute Gasteiger partial charge is 0.500 e. The van der Waals surface area contributed by atoms with Gasteiger partial charge in [-0.25, -0.2) is 0 Å². The van der Waals surface area contributed by atoms with Gasteiger partial charge >= 0.3 is 58.2 Å². The summed E-state index contributed by atoms with van der Waals surface area (Å²) in [5.74, 6) is -0.208. The van der Waals surface area contributed by atoms with Crippen molar-refractivity contribution in [3.8, 4) is 0 Å². The van der Waals surface area contributed by atoms with E-state index in [0.29, 0.717) is 0 Å². The van der Waals surface area contributed by atoms with Gasteiger partial charge in [-0.15, -0.1) is 0 Å². The molecule has 2 fully saturated rings. The van der Waals surface area contributed by atoms with E-state index < -0.39 is 0 Å². The van der Waals surface area contributed by atoms with E-state index in [2.05, 4.69) is 6.08 Å². The number of ether oxygens (including phenoxy) is 2. The zero-order valence-corrected chi connectivity index (χ0v) is 13.5. The zero-order valence-electron chi connectivity index (χ0n) is 8.56. The molecule has 68 valence electrons. The molecular formula is C10H15O2Rb. The standard InChI is InChI=1S/C10H15O2.Rb/c1-2-9-3-5-10(6-4-9)11-7-8-12-10;/h3-8H2,1H3;/q-1;+1. The molecule has 0 bridgehead atoms. The van der Waals surface area contributed by atoms with Crippen LogP contribution in [0.5, 0.6) is 0 Å². The van der Waals surface area contributed by atoms with Gasteiger partial charge in [-0.05, 0) is 0 Å². The molecule has 1 aliphatic carbocycles. The first-order chi connectivity index (χ1) is 5.85. The predicted octanol–water partition coefficient (Wildman–Crippen LogP) is -0.943. The van der Waals surface area contributed by atoms with Crippen molar-refractivity contribution in [3.63, 3.8) is 0 Å². The van der Waals surface area contributed by atoms with Crippen molar-refractivity contribution in [2.45, 2.75) is 38.4 Å². The largest absolute Gasteiger partial charge is 1.00 e. The summed E-state index contributed by atoms with van der Waals surface area (Å²) >= 11 is 0. The minimum absolute atomic E-state index is 0. The molecule has 0 aromatic rings. The number of rotatable bonds is 0. The maximum Gasteiger partial charge on any atom is 1.00 e. The van der Waals surface area contributed by atoms with E-state index in [1.807, 2.05) is 6.92 Å². The Labute approximate surface area is 129 Å². The Balaban J connectivity index is 0.000000845. The fourth-order valence-electron chi connectivity index (χ4n) is 1.97. The van der Waals surface area contributed by atoms with Crippen LogP contribution in [0.1, 0.15) is 32.6 Å². The molecule has 2 rings (SSSR count). The molecule has 1 aliphatic heterocycles. The van der Waals surface area contributed by atoms with Gasteiger partial charge in [0.2, 0.25) is 0 Å². The third-order valence-corrected chi connectivity index (χ3v) is 2.78. The Hall–Kier alpha value is 1.47. The quantitative estimate of drug-likeness (QED) is 0.518. The molecule has 1 saturated carbocycles. The Kier molecular flexibility index (Phi) is 5.32. The van der Waals surface area contributed by atoms with Crippen molar-refractivity contribution < 1.29 is 67.7 Å². The van der Waals surface area contributed by atoms with Crippen LogP contribution in [0, 0.1) is 6.08 Å². The van der Waals surface area contributed by atoms with Crippen LogP contribution in [0.25, 0.3) is 0 Å². The third-order valence-electron chi connectivity index (χ3n) is 2.78. The van der Waals surface area contributed by atoms with Crippen molar-refractivity contribution in [3.05, 3.63) is 11.6 Å². The van der Waals surface area contributed by atoms with Crippen LogP contribution in [0.2, 0.25) is 0 Å². The number of hydrogen-bond donors (Lipinski definition) is 0. The summed E-state index contributed by atoms with van der Waals surface area (Å²) < 4.78 is 11.2. The maximum absolute atomic E-state index is 5.61. The second-order valence-corrected chi connectivity index (χ2v) is 3.46. The minimum Gasteiger partial charge on any atom is -0.500 e. The molecule has 1 spiro atoms. The van der Waals surface area contributed by atoms with Crippen molar-refractivity contribution in [2.24, 2.45) is 0 Å². The van der Waals surface area contributed by atoms with Crippen molar-refractivity contribution in [1.29, 1.82) is 0 Å². The van der Waals surface area contributed by atoms with E-state index in [1.165, 1.54) is 5.57 Å². The molecule has 0 aromatic carbocycles. The van der Waals surface area contributed by atoms with Gasteiger partial charge in [0.05, 0.1) is 13.2 Å². The Bertz CT molecular complexity index is 183. The minimum atomic E-state index is -0.208. The Morgan fingerprint density at radius 3 is 2.15 bits per heavy atom. The molecule has 1 heterocycles. The molecule has 0 aromatic heterocycles. The van der Waals surface area contributed by atoms with Gasteiger partial charge in [-0.1, -0.05) is 12.8 Å². The molecule has 0 radical (unpaired) electrons. The van der Waals surface area contributed by atoms with Gasteiger partial charge in [-0.2, -0.15) is 6.92 Å². The zero-order chi connectivity index (χ0) is 8.44. The molecule has 1 saturated heterocycles. The molecular weight excluding hydrogens is 238 g/mol. The number of allylic oxidation sites excluding steroid dienone is 2. The fraction of sp³-hybridized carbons (Fsp3) is 0.800. The van der Waals surface area contributed by atoms with Gasteiger partial charge in [0.15, 0.2) is 5.79 Å². The van der Waals surface area contributed by atoms with Gasteiger partial charge < -0.3 is 15.5 Å². The predicted molar refractivity (Wildman–Crippen MR) is 45.5 cm³/mol. The number of hydrogen-bond acceptors (Lipinski definition) is 2. The third kappa shape index (κ3) is 2.96. The van der Waals surface area contributed by atoms with E-state index in [-0.39, 0.29) is 64.0 Å². The Morgan fingerprint density at radius 1 is 1.15 bits per heavy atom. The molecule has 2 aliphatic rings. The summed E-state index contributed by atoms with van der Waals surface area (Å²) in [4.78, 5) is 0. The van der Waals surface area contributed by atoms with E-state index in [1.54, 1.807) is 0 Å². The summed E-state index contributed by atoms with van der Waals surface area (Å²) in [6, 6.07) is 0. The van der Waals surface area contributed by atoms with Crippen LogP contribution in [-0.4, -0.2) is 19.0 Å². The molecule has 0 unspecified atom stereocenters. The summed E-state index contributed by atoms with van der Waals surface area (Å²) in [7, 11) is 0. The van der Waals surface area contributed by atoms with Crippen molar-refractivity contribution in [1.82, 2.24) is 0 Å². The molecule has 0 atom stereocenters. The van der Waals surface area contributed by atoms with Gasteiger partial charge in [0.25, 0.3) is 0 Å². The average molecular weight is 253 g/mol. The molecule has 2 nitrogen and oxygen atoms in total. The van der Waals surface area contributed by atoms with E-state index in [0.717, 1.165) is 38.9 Å². The summed E-state index contributed by atoms with van der Waals surface area (Å²) in [6.07, 6.45) is 7.44. The van der Waals surface area contributed by atoms with Crippen molar-refractivity contribution in [2.75, 3.05) is 13.2 Å². The molecule has 3 heteroatoms. The van der Waals surface area contributed by atoms with Crippen LogP contribution in [0.15, 0.2) is 5.57 Å². The second-order valence-electron chi connectivity index (χ2n) is 3.46. The van der Waals surface area contributed by atoms with Gasteiger partial charge in [0, 0.05) is 12.8 Å². The first-order valence-corrected chi connectivity index (χ1v) is 4.65. The monoisotopic (exact) mass is 252 g/mol. The first-order valence-electron chi connectivity index (χ1n) is 4.65. The molecule has 0 N–H and O–H groups in total. The van der Waals surface area contributed by atoms with Crippen molar-refractivity contribution >= 4 is 0 Å². The van der Waals surface area contributed by atoms with Crippen LogP contribution < -0.4 is 58.2 Å². The maximum atomic E-state index is 5.61. The topological polar surface area (TPSA) is 18.5 Å². The summed E-state index contributed by atoms with van der Waals surface area (Å²) in [5, 5.41) is 0. The van der Waals surface area contributed by atoms with Crippen LogP contribution >= 0.6 is 0 Å². The first kappa shape index (κ1) is 12.5. The van der Waals surface area contributed by atoms with Crippen LogP contribution in [-0.2, 0) is 9.47 Å². The average Bonchev–Trinajstić information content (AvgIpc) is 2.55. The van der Waals surface area contributed by atoms with E-state index in [9.17, 15) is 0 Å². The fourth-order valence-corrected chi connectivity index (χ4v) is 1.97. The SMILES string of the molecule is C[C-]=C1CCC2(CC1)OCCO2.[Rb+]. The van der Waals surface area contributed by atoms with Gasteiger partial charge in [-0.3, -0.25) is 5.57 Å². The Morgan fingerprint density at radius 2 is 1.69 bits per heavy atom. The molecule has 0 amide bonds. The summed E-state index contributed by atoms with van der Waals surface area (Å²) in [6.45, 7) is 3.54. The normalized spacial score (nSPS) is 25.8. The van der Waals surface area contributed by atoms with Crippen LogP contribution in [0.4, 0.5) is 0 Å². The summed E-state index contributed by atoms with van der Waals surface area (Å²) in [5.41, 5.74) is 1.43. The second kappa shape index (κ2) is 5.52. The molecule has 13 heavy (non-hydrogen) atoms. The van der Waals surface area contributed by atoms with Crippen LogP contribution in [0.3, 0.4) is 0 Å². The van der Waals surface area contributed by atoms with Gasteiger partial charge in [0.1, 0.15) is 0 Å². The van der Waals surface area contributed by atoms with E-state index in [4.69, 9.17) is 9.47 Å².